The first-order chi connectivity index (χ1) is 26.4. The van der Waals surface area contributed by atoms with Crippen LogP contribution in [0.3, 0.4) is 0 Å². The lowest BCUT2D eigenvalue weighted by atomic mass is 9.65. The molecule has 1 nitrogen and oxygen atoms in total. The first-order valence-electron chi connectivity index (χ1n) is 20.1. The molecule has 0 N–H and O–H groups in total. The summed E-state index contributed by atoms with van der Waals surface area (Å²) in [6, 6.07) is 56.2. The van der Waals surface area contributed by atoms with E-state index in [0.717, 1.165) is 0 Å². The fourth-order valence-corrected chi connectivity index (χ4v) is 12.1. The van der Waals surface area contributed by atoms with Gasteiger partial charge in [0.1, 0.15) is 0 Å². The molecule has 0 bridgehead atoms. The molecule has 1 heteroatoms. The summed E-state index contributed by atoms with van der Waals surface area (Å²) in [6.07, 6.45) is 6.38. The van der Waals surface area contributed by atoms with Crippen LogP contribution in [0.2, 0.25) is 0 Å². The smallest absolute Gasteiger partial charge is 0.0540 e. The van der Waals surface area contributed by atoms with Crippen molar-refractivity contribution in [3.8, 4) is 44.5 Å². The molecule has 5 aliphatic rings. The number of benzene rings is 7. The van der Waals surface area contributed by atoms with Gasteiger partial charge in [-0.05, 0) is 116 Å². The van der Waals surface area contributed by atoms with E-state index in [0.29, 0.717) is 0 Å². The van der Waals surface area contributed by atoms with E-state index < -0.39 is 0 Å². The third kappa shape index (κ3) is 3.61. The van der Waals surface area contributed by atoms with Crippen molar-refractivity contribution in [3.63, 3.8) is 0 Å². The zero-order chi connectivity index (χ0) is 36.0. The SMILES string of the molecule is CC1(C)c2ccccc2-c2c(-c3ccccc3N3c4cc5c(cc4C4(C)c6ccccc6-c6cccc3c64)C3(CCCCC3)c3ccccc3-5)cccc21. The molecule has 1 saturated carbocycles. The summed E-state index contributed by atoms with van der Waals surface area (Å²) in [5, 5.41) is 0. The van der Waals surface area contributed by atoms with Crippen LogP contribution in [0.5, 0.6) is 0 Å². The van der Waals surface area contributed by atoms with Crippen molar-refractivity contribution in [1.29, 1.82) is 0 Å². The Bertz CT molecular complexity index is 2760. The molecule has 12 rings (SSSR count). The monoisotopic (exact) mass is 693 g/mol. The molecule has 54 heavy (non-hydrogen) atoms. The summed E-state index contributed by atoms with van der Waals surface area (Å²) in [7, 11) is 0. The van der Waals surface area contributed by atoms with Gasteiger partial charge in [0.05, 0.1) is 17.1 Å². The topological polar surface area (TPSA) is 3.24 Å². The normalized spacial score (nSPS) is 19.7. The summed E-state index contributed by atoms with van der Waals surface area (Å²) in [5.74, 6) is 0. The second-order valence-electron chi connectivity index (χ2n) is 17.2. The van der Waals surface area contributed by atoms with Gasteiger partial charge in [0.2, 0.25) is 0 Å². The minimum atomic E-state index is -0.278. The molecule has 0 amide bonds. The van der Waals surface area contributed by atoms with Gasteiger partial charge in [-0.25, -0.2) is 0 Å². The number of fused-ring (bicyclic) bond motifs is 13. The van der Waals surface area contributed by atoms with E-state index in [1.165, 1.54) is 121 Å². The number of rotatable bonds is 2. The molecule has 260 valence electrons. The summed E-state index contributed by atoms with van der Waals surface area (Å²) in [5.41, 5.74) is 24.7. The molecule has 0 aromatic heterocycles. The van der Waals surface area contributed by atoms with Gasteiger partial charge in [-0.15, -0.1) is 0 Å². The van der Waals surface area contributed by atoms with Gasteiger partial charge in [0, 0.05) is 21.8 Å². The molecule has 1 fully saturated rings. The summed E-state index contributed by atoms with van der Waals surface area (Å²) < 4.78 is 0. The van der Waals surface area contributed by atoms with E-state index in [1.54, 1.807) is 11.1 Å². The van der Waals surface area contributed by atoms with Crippen LogP contribution in [0.15, 0.2) is 146 Å². The van der Waals surface area contributed by atoms with Crippen molar-refractivity contribution < 1.29 is 0 Å². The lowest BCUT2D eigenvalue weighted by Gasteiger charge is -2.44. The zero-order valence-electron chi connectivity index (χ0n) is 31.3. The number of anilines is 3. The van der Waals surface area contributed by atoms with Crippen molar-refractivity contribution in [2.45, 2.75) is 69.1 Å². The third-order valence-corrected chi connectivity index (χ3v) is 14.5. The van der Waals surface area contributed by atoms with Gasteiger partial charge in [-0.1, -0.05) is 161 Å². The van der Waals surface area contributed by atoms with Crippen LogP contribution in [0.25, 0.3) is 44.5 Å². The largest absolute Gasteiger partial charge is 0.309 e. The van der Waals surface area contributed by atoms with Crippen molar-refractivity contribution in [2.75, 3.05) is 4.90 Å². The van der Waals surface area contributed by atoms with Gasteiger partial charge < -0.3 is 4.90 Å². The quantitative estimate of drug-likeness (QED) is 0.174. The van der Waals surface area contributed by atoms with Crippen molar-refractivity contribution in [1.82, 2.24) is 0 Å². The first kappa shape index (κ1) is 30.8. The Labute approximate surface area is 319 Å². The molecule has 4 aliphatic carbocycles. The maximum absolute atomic E-state index is 2.70. The lowest BCUT2D eigenvalue weighted by Crippen LogP contribution is -2.34. The molecular weight excluding hydrogens is 651 g/mol. The average molecular weight is 694 g/mol. The number of nitrogens with zero attached hydrogens (tertiary/aromatic N) is 1. The Morgan fingerprint density at radius 3 is 1.76 bits per heavy atom. The molecule has 1 aliphatic heterocycles. The predicted octanol–water partition coefficient (Wildman–Crippen LogP) is 14.0. The maximum atomic E-state index is 2.70. The van der Waals surface area contributed by atoms with E-state index in [4.69, 9.17) is 0 Å². The lowest BCUT2D eigenvalue weighted by molar-refractivity contribution is 0.352. The van der Waals surface area contributed by atoms with Crippen molar-refractivity contribution in [2.24, 2.45) is 0 Å². The fraction of sp³-hybridized carbons (Fsp3) is 0.208. The van der Waals surface area contributed by atoms with Crippen LogP contribution in [0.1, 0.15) is 91.8 Å². The molecule has 7 aromatic carbocycles. The Morgan fingerprint density at radius 1 is 0.389 bits per heavy atom. The van der Waals surface area contributed by atoms with Crippen LogP contribution < -0.4 is 4.90 Å². The van der Waals surface area contributed by atoms with E-state index in [-0.39, 0.29) is 16.2 Å². The van der Waals surface area contributed by atoms with E-state index in [1.807, 2.05) is 0 Å². The first-order valence-corrected chi connectivity index (χ1v) is 20.1. The van der Waals surface area contributed by atoms with E-state index >= 15 is 0 Å². The number of hydrogen-bond acceptors (Lipinski definition) is 1. The highest BCUT2D eigenvalue weighted by atomic mass is 15.2. The summed E-state index contributed by atoms with van der Waals surface area (Å²) >= 11 is 0. The Kier molecular flexibility index (Phi) is 5.99. The van der Waals surface area contributed by atoms with Crippen LogP contribution in [0.4, 0.5) is 17.1 Å². The van der Waals surface area contributed by atoms with Gasteiger partial charge in [-0.2, -0.15) is 0 Å². The molecule has 0 radical (unpaired) electrons. The highest BCUT2D eigenvalue weighted by Gasteiger charge is 2.51. The number of para-hydroxylation sites is 1. The average Bonchev–Trinajstić information content (AvgIpc) is 3.74. The highest BCUT2D eigenvalue weighted by Crippen LogP contribution is 2.66. The van der Waals surface area contributed by atoms with Gasteiger partial charge in [0.25, 0.3) is 0 Å². The molecule has 1 spiro atoms. The van der Waals surface area contributed by atoms with Crippen molar-refractivity contribution in [3.05, 3.63) is 185 Å². The summed E-state index contributed by atoms with van der Waals surface area (Å²) in [6.45, 7) is 7.30. The Morgan fingerprint density at radius 2 is 0.963 bits per heavy atom. The predicted molar refractivity (Wildman–Crippen MR) is 224 cm³/mol. The second-order valence-corrected chi connectivity index (χ2v) is 17.2. The van der Waals surface area contributed by atoms with Gasteiger partial charge in [-0.3, -0.25) is 0 Å². The Balaban J connectivity index is 1.18. The molecule has 1 atom stereocenters. The second kappa shape index (κ2) is 10.5. The van der Waals surface area contributed by atoms with E-state index in [2.05, 4.69) is 171 Å². The third-order valence-electron chi connectivity index (χ3n) is 14.5. The van der Waals surface area contributed by atoms with Gasteiger partial charge >= 0.3 is 0 Å². The molecule has 7 aromatic rings. The van der Waals surface area contributed by atoms with Gasteiger partial charge in [0.15, 0.2) is 0 Å². The molecule has 1 unspecified atom stereocenters. The van der Waals surface area contributed by atoms with E-state index in [9.17, 15) is 0 Å². The molecule has 0 saturated heterocycles. The minimum Gasteiger partial charge on any atom is -0.309 e. The van der Waals surface area contributed by atoms with Crippen LogP contribution >= 0.6 is 0 Å². The highest BCUT2D eigenvalue weighted by molar-refractivity contribution is 6.03. The van der Waals surface area contributed by atoms with Crippen LogP contribution in [-0.4, -0.2) is 0 Å². The maximum Gasteiger partial charge on any atom is 0.0540 e. The fourth-order valence-electron chi connectivity index (χ4n) is 12.1. The minimum absolute atomic E-state index is 0.0640. The van der Waals surface area contributed by atoms with Crippen LogP contribution in [-0.2, 0) is 16.2 Å². The standard InChI is InChI=1S/C53H43N/c1-51(2)40-23-9-7-20-38(40)49-36(21-15-26-43(49)51)35-19-8-12-27-46(35)54-47-28-16-22-37-33-17-5-10-24-41(33)52(3,50(37)47)45-32-44-39(31-48(45)54)34-18-6-11-25-42(34)53(44)29-13-4-14-30-53/h5-12,15-28,31-32H,4,13-14,29-30H2,1-3H3. The zero-order valence-corrected chi connectivity index (χ0v) is 31.3. The van der Waals surface area contributed by atoms with Crippen molar-refractivity contribution >= 4 is 17.1 Å². The summed E-state index contributed by atoms with van der Waals surface area (Å²) in [4.78, 5) is 2.65. The van der Waals surface area contributed by atoms with Crippen LogP contribution in [0, 0.1) is 0 Å². The Hall–Kier alpha value is -5.66. The molecule has 1 heterocycles. The molecular formula is C53H43N. The number of hydrogen-bond donors (Lipinski definition) is 0.